The maximum Gasteiger partial charge on any atom is 0.107 e. The van der Waals surface area contributed by atoms with Gasteiger partial charge in [0.2, 0.25) is 0 Å². The fraction of sp³-hybridized carbons (Fsp3) is 0.857. The van der Waals surface area contributed by atoms with E-state index in [4.69, 9.17) is 4.74 Å². The second-order valence-electron chi connectivity index (χ2n) is 7.05. The summed E-state index contributed by atoms with van der Waals surface area (Å²) < 4.78 is 5.98. The molecular weight excluding hydrogens is 184 g/mol. The number of hydrogen-bond donors (Lipinski definition) is 0. The summed E-state index contributed by atoms with van der Waals surface area (Å²) in [6, 6.07) is 0. The second kappa shape index (κ2) is 3.54. The zero-order valence-electron chi connectivity index (χ0n) is 11.3. The molecular formula is C14H26O. The van der Waals surface area contributed by atoms with E-state index in [1.165, 1.54) is 0 Å². The van der Waals surface area contributed by atoms with Gasteiger partial charge in [0.05, 0.1) is 5.76 Å². The van der Waals surface area contributed by atoms with Crippen LogP contribution >= 0.6 is 0 Å². The minimum atomic E-state index is 0.186. The van der Waals surface area contributed by atoms with Crippen LogP contribution in [0.5, 0.6) is 0 Å². The average molecular weight is 210 g/mol. The number of ether oxygens (including phenoxy) is 1. The summed E-state index contributed by atoms with van der Waals surface area (Å²) in [5.74, 6) is 1.99. The fourth-order valence-corrected chi connectivity index (χ4v) is 2.73. The molecule has 1 heterocycles. The van der Waals surface area contributed by atoms with Gasteiger partial charge < -0.3 is 4.74 Å². The normalized spacial score (nSPS) is 33.0. The molecule has 1 aliphatic rings. The zero-order valence-corrected chi connectivity index (χ0v) is 11.3. The Bertz CT molecular complexity index is 251. The summed E-state index contributed by atoms with van der Waals surface area (Å²) in [5, 5.41) is 0. The number of allylic oxidation sites excluding steroid dienone is 1. The molecule has 0 aromatic rings. The van der Waals surface area contributed by atoms with E-state index < -0.39 is 0 Å². The maximum absolute atomic E-state index is 5.98. The first-order valence-electron chi connectivity index (χ1n) is 5.90. The number of hydrogen-bond acceptors (Lipinski definition) is 1. The standard InChI is InChI=1S/C14H26O/c1-9-10(2)15-12(14(6,7)8)11(9)13(3,4)5/h9,11-12H,2H2,1,3-8H3. The minimum Gasteiger partial charge on any atom is -0.494 e. The predicted octanol–water partition coefficient (Wildman–Crippen LogP) is 4.24. The summed E-state index contributed by atoms with van der Waals surface area (Å²) in [5.41, 5.74) is 0.461. The van der Waals surface area contributed by atoms with Gasteiger partial charge in [-0.15, -0.1) is 0 Å². The molecule has 0 bridgehead atoms. The molecule has 1 rings (SSSR count). The lowest BCUT2D eigenvalue weighted by atomic mass is 9.66. The molecule has 88 valence electrons. The van der Waals surface area contributed by atoms with E-state index in [1.807, 2.05) is 0 Å². The smallest absolute Gasteiger partial charge is 0.107 e. The molecule has 0 amide bonds. The van der Waals surface area contributed by atoms with Crippen LogP contribution in [0.15, 0.2) is 12.3 Å². The highest BCUT2D eigenvalue weighted by Crippen LogP contribution is 2.50. The molecule has 0 saturated carbocycles. The van der Waals surface area contributed by atoms with E-state index in [2.05, 4.69) is 55.0 Å². The number of rotatable bonds is 0. The van der Waals surface area contributed by atoms with E-state index >= 15 is 0 Å². The van der Waals surface area contributed by atoms with Gasteiger partial charge in [-0.1, -0.05) is 55.0 Å². The lowest BCUT2D eigenvalue weighted by molar-refractivity contribution is -0.00330. The topological polar surface area (TPSA) is 9.23 Å². The molecule has 15 heavy (non-hydrogen) atoms. The van der Waals surface area contributed by atoms with Gasteiger partial charge in [0.25, 0.3) is 0 Å². The third-order valence-electron chi connectivity index (χ3n) is 3.50. The van der Waals surface area contributed by atoms with Crippen LogP contribution < -0.4 is 0 Å². The van der Waals surface area contributed by atoms with Crippen molar-refractivity contribution < 1.29 is 4.74 Å². The summed E-state index contributed by atoms with van der Waals surface area (Å²) in [7, 11) is 0. The van der Waals surface area contributed by atoms with Gasteiger partial charge in [0.15, 0.2) is 0 Å². The van der Waals surface area contributed by atoms with Gasteiger partial charge in [0, 0.05) is 11.8 Å². The van der Waals surface area contributed by atoms with E-state index in [1.54, 1.807) is 0 Å². The van der Waals surface area contributed by atoms with Crippen LogP contribution in [-0.4, -0.2) is 6.10 Å². The molecule has 0 aromatic heterocycles. The summed E-state index contributed by atoms with van der Waals surface area (Å²) in [6.45, 7) is 19.9. The lowest BCUT2D eigenvalue weighted by Crippen LogP contribution is -2.39. The molecule has 3 atom stereocenters. The highest BCUT2D eigenvalue weighted by atomic mass is 16.5. The Morgan fingerprint density at radius 2 is 1.47 bits per heavy atom. The zero-order chi connectivity index (χ0) is 12.0. The molecule has 3 unspecified atom stereocenters. The van der Waals surface area contributed by atoms with Gasteiger partial charge in [-0.25, -0.2) is 0 Å². The van der Waals surface area contributed by atoms with Gasteiger partial charge in [-0.3, -0.25) is 0 Å². The van der Waals surface area contributed by atoms with Gasteiger partial charge >= 0.3 is 0 Å². The van der Waals surface area contributed by atoms with Crippen molar-refractivity contribution in [1.82, 2.24) is 0 Å². The van der Waals surface area contributed by atoms with Crippen LogP contribution in [0.25, 0.3) is 0 Å². The first-order valence-corrected chi connectivity index (χ1v) is 5.90. The second-order valence-corrected chi connectivity index (χ2v) is 7.05. The van der Waals surface area contributed by atoms with Crippen molar-refractivity contribution in [1.29, 1.82) is 0 Å². The molecule has 1 nitrogen and oxygen atoms in total. The third kappa shape index (κ3) is 2.38. The van der Waals surface area contributed by atoms with E-state index in [9.17, 15) is 0 Å². The van der Waals surface area contributed by atoms with E-state index in [0.717, 1.165) is 5.76 Å². The van der Waals surface area contributed by atoms with Crippen molar-refractivity contribution in [2.45, 2.75) is 54.6 Å². The van der Waals surface area contributed by atoms with Crippen molar-refractivity contribution >= 4 is 0 Å². The van der Waals surface area contributed by atoms with Gasteiger partial charge in [-0.05, 0) is 10.8 Å². The highest BCUT2D eigenvalue weighted by Gasteiger charge is 2.49. The van der Waals surface area contributed by atoms with Crippen LogP contribution in [0.1, 0.15) is 48.5 Å². The SMILES string of the molecule is C=C1OC(C(C)(C)C)C(C(C)(C)C)C1C. The summed E-state index contributed by atoms with van der Waals surface area (Å²) in [6.07, 6.45) is 0.292. The van der Waals surface area contributed by atoms with Crippen molar-refractivity contribution in [2.75, 3.05) is 0 Å². The van der Waals surface area contributed by atoms with Crippen LogP contribution in [-0.2, 0) is 4.74 Å². The minimum absolute atomic E-state index is 0.186. The first kappa shape index (κ1) is 12.6. The van der Waals surface area contributed by atoms with Gasteiger partial charge in [-0.2, -0.15) is 0 Å². The summed E-state index contributed by atoms with van der Waals surface area (Å²) >= 11 is 0. The maximum atomic E-state index is 5.98. The molecule has 1 saturated heterocycles. The Hall–Kier alpha value is -0.460. The highest BCUT2D eigenvalue weighted by molar-refractivity contribution is 5.08. The molecule has 0 N–H and O–H groups in total. The van der Waals surface area contributed by atoms with Crippen LogP contribution in [0, 0.1) is 22.7 Å². The molecule has 0 aromatic carbocycles. The van der Waals surface area contributed by atoms with Crippen LogP contribution in [0.2, 0.25) is 0 Å². The molecule has 1 fully saturated rings. The Morgan fingerprint density at radius 1 is 1.00 bits per heavy atom. The fourth-order valence-electron chi connectivity index (χ4n) is 2.73. The molecule has 0 radical (unpaired) electrons. The molecule has 0 spiro atoms. The third-order valence-corrected chi connectivity index (χ3v) is 3.50. The Balaban J connectivity index is 3.03. The van der Waals surface area contributed by atoms with Crippen molar-refractivity contribution in [3.05, 3.63) is 12.3 Å². The van der Waals surface area contributed by atoms with Crippen molar-refractivity contribution in [2.24, 2.45) is 22.7 Å². The molecule has 0 aliphatic carbocycles. The van der Waals surface area contributed by atoms with Crippen LogP contribution in [0.4, 0.5) is 0 Å². The van der Waals surface area contributed by atoms with Crippen molar-refractivity contribution in [3.63, 3.8) is 0 Å². The molecule has 1 heteroatoms. The van der Waals surface area contributed by atoms with E-state index in [0.29, 0.717) is 17.9 Å². The summed E-state index contributed by atoms with van der Waals surface area (Å²) in [4.78, 5) is 0. The quantitative estimate of drug-likeness (QED) is 0.581. The first-order chi connectivity index (χ1) is 6.55. The van der Waals surface area contributed by atoms with Crippen LogP contribution in [0.3, 0.4) is 0 Å². The lowest BCUT2D eigenvalue weighted by Gasteiger charge is -2.38. The largest absolute Gasteiger partial charge is 0.494 e. The average Bonchev–Trinajstić information content (AvgIpc) is 2.25. The van der Waals surface area contributed by atoms with E-state index in [-0.39, 0.29) is 10.8 Å². The van der Waals surface area contributed by atoms with Crippen molar-refractivity contribution in [3.8, 4) is 0 Å². The Labute approximate surface area is 94.9 Å². The molecule has 1 aliphatic heterocycles. The monoisotopic (exact) mass is 210 g/mol. The predicted molar refractivity (Wildman–Crippen MR) is 65.6 cm³/mol. The van der Waals surface area contributed by atoms with Gasteiger partial charge in [0.1, 0.15) is 6.10 Å². The Morgan fingerprint density at radius 3 is 1.73 bits per heavy atom. The Kier molecular flexibility index (Phi) is 2.97.